The monoisotopic (exact) mass is 452 g/mol. The number of nitrogens with one attached hydrogen (secondary N) is 1. The van der Waals surface area contributed by atoms with Crippen LogP contribution in [-0.2, 0) is 17.7 Å². The molecule has 1 N–H and O–H groups in total. The third-order valence-corrected chi connectivity index (χ3v) is 6.10. The van der Waals surface area contributed by atoms with Crippen molar-refractivity contribution in [2.75, 3.05) is 32.9 Å². The van der Waals surface area contributed by atoms with Crippen molar-refractivity contribution >= 4 is 5.91 Å². The summed E-state index contributed by atoms with van der Waals surface area (Å²) in [5, 5.41) is 3.14. The highest BCUT2D eigenvalue weighted by atomic mass is 16.5. The van der Waals surface area contributed by atoms with E-state index in [1.807, 2.05) is 18.2 Å². The van der Waals surface area contributed by atoms with Gasteiger partial charge in [0.05, 0.1) is 13.2 Å². The van der Waals surface area contributed by atoms with Crippen LogP contribution in [0.1, 0.15) is 67.6 Å². The van der Waals surface area contributed by atoms with Gasteiger partial charge in [-0.05, 0) is 53.6 Å². The number of amides is 1. The maximum absolute atomic E-state index is 12.8. The van der Waals surface area contributed by atoms with Crippen molar-refractivity contribution in [3.8, 4) is 5.75 Å². The molecule has 1 amide bonds. The Balaban J connectivity index is 1.86. The predicted molar refractivity (Wildman–Crippen MR) is 134 cm³/mol. The zero-order valence-corrected chi connectivity index (χ0v) is 20.7. The Labute approximate surface area is 199 Å². The van der Waals surface area contributed by atoms with Crippen molar-refractivity contribution < 1.29 is 14.3 Å². The average Bonchev–Trinajstić information content (AvgIpc) is 2.79. The quantitative estimate of drug-likeness (QED) is 0.665. The maximum atomic E-state index is 12.8. The zero-order chi connectivity index (χ0) is 23.6. The molecule has 0 aromatic heterocycles. The molecule has 5 heteroatoms. The standard InChI is InChI=1S/C28H40N2O3/c1-5-26(6-2)29-28(31)24-10-11-27-25(18-24)17-22-8-7-9-23(16-22)20-30(19-21(3)4)12-13-32-14-15-33-27/h7-11,16,18,21,26H,5-6,12-15,17,19-20H2,1-4H3,(H,29,31). The first-order chi connectivity index (χ1) is 16.0. The highest BCUT2D eigenvalue weighted by Crippen LogP contribution is 2.25. The number of carbonyl (C=O) groups is 1. The molecule has 0 saturated heterocycles. The van der Waals surface area contributed by atoms with Crippen LogP contribution in [0.2, 0.25) is 0 Å². The second kappa shape index (κ2) is 12.8. The van der Waals surface area contributed by atoms with Crippen molar-refractivity contribution in [1.82, 2.24) is 10.2 Å². The van der Waals surface area contributed by atoms with Gasteiger partial charge in [0.15, 0.2) is 0 Å². The maximum Gasteiger partial charge on any atom is 0.251 e. The van der Waals surface area contributed by atoms with Crippen LogP contribution in [0.4, 0.5) is 0 Å². The molecule has 2 bridgehead atoms. The van der Waals surface area contributed by atoms with E-state index >= 15 is 0 Å². The number of benzene rings is 2. The van der Waals surface area contributed by atoms with E-state index in [-0.39, 0.29) is 11.9 Å². The molecule has 0 unspecified atom stereocenters. The van der Waals surface area contributed by atoms with E-state index in [1.54, 1.807) is 0 Å². The van der Waals surface area contributed by atoms with Gasteiger partial charge in [-0.25, -0.2) is 0 Å². The zero-order valence-electron chi connectivity index (χ0n) is 20.7. The van der Waals surface area contributed by atoms with Crippen LogP contribution < -0.4 is 10.1 Å². The summed E-state index contributed by atoms with van der Waals surface area (Å²) in [6, 6.07) is 14.7. The van der Waals surface area contributed by atoms with E-state index < -0.39 is 0 Å². The van der Waals surface area contributed by atoms with E-state index in [4.69, 9.17) is 9.47 Å². The van der Waals surface area contributed by atoms with Crippen LogP contribution in [0.3, 0.4) is 0 Å². The normalized spacial score (nSPS) is 15.6. The van der Waals surface area contributed by atoms with Gasteiger partial charge in [-0.2, -0.15) is 0 Å². The molecule has 0 radical (unpaired) electrons. The third kappa shape index (κ3) is 7.86. The fourth-order valence-electron chi connectivity index (χ4n) is 4.33. The minimum atomic E-state index is -0.0210. The molecule has 2 aromatic rings. The molecular weight excluding hydrogens is 412 g/mol. The van der Waals surface area contributed by atoms with Crippen LogP contribution in [0.15, 0.2) is 42.5 Å². The Morgan fingerprint density at radius 2 is 1.82 bits per heavy atom. The Hall–Kier alpha value is -2.37. The second-order valence-electron chi connectivity index (χ2n) is 9.40. The van der Waals surface area contributed by atoms with Crippen molar-refractivity contribution in [3.05, 3.63) is 64.7 Å². The van der Waals surface area contributed by atoms with Crippen LogP contribution in [0.25, 0.3) is 0 Å². The summed E-state index contributed by atoms with van der Waals surface area (Å²) in [7, 11) is 0. The first-order valence-corrected chi connectivity index (χ1v) is 12.4. The summed E-state index contributed by atoms with van der Waals surface area (Å²) >= 11 is 0. The SMILES string of the molecule is CCC(CC)NC(=O)c1ccc2c(c1)Cc1cccc(c1)CN(CC(C)C)CCOCCO2. The molecule has 5 nitrogen and oxygen atoms in total. The van der Waals surface area contributed by atoms with Gasteiger partial charge >= 0.3 is 0 Å². The summed E-state index contributed by atoms with van der Waals surface area (Å²) in [5.74, 6) is 1.40. The van der Waals surface area contributed by atoms with Crippen LogP contribution in [-0.4, -0.2) is 49.8 Å². The topological polar surface area (TPSA) is 50.8 Å². The Morgan fingerprint density at radius 1 is 1.03 bits per heavy atom. The first kappa shape index (κ1) is 25.3. The number of hydrogen-bond donors (Lipinski definition) is 1. The average molecular weight is 453 g/mol. The number of nitrogens with zero attached hydrogens (tertiary/aromatic N) is 1. The van der Waals surface area contributed by atoms with Crippen LogP contribution in [0.5, 0.6) is 5.75 Å². The third-order valence-electron chi connectivity index (χ3n) is 6.10. The van der Waals surface area contributed by atoms with E-state index in [0.29, 0.717) is 31.3 Å². The molecular formula is C28H40N2O3. The summed E-state index contributed by atoms with van der Waals surface area (Å²) in [6.07, 6.45) is 2.58. The minimum Gasteiger partial charge on any atom is -0.491 e. The molecule has 1 heterocycles. The Kier molecular flexibility index (Phi) is 9.76. The van der Waals surface area contributed by atoms with Gasteiger partial charge in [0.2, 0.25) is 0 Å². The number of rotatable bonds is 6. The van der Waals surface area contributed by atoms with Gasteiger partial charge in [-0.15, -0.1) is 0 Å². The van der Waals surface area contributed by atoms with Gasteiger partial charge < -0.3 is 14.8 Å². The molecule has 1 aliphatic heterocycles. The molecule has 0 spiro atoms. The second-order valence-corrected chi connectivity index (χ2v) is 9.40. The number of fused-ring (bicyclic) bond motifs is 3. The lowest BCUT2D eigenvalue weighted by Gasteiger charge is -2.25. The van der Waals surface area contributed by atoms with Crippen LogP contribution in [0, 0.1) is 5.92 Å². The summed E-state index contributed by atoms with van der Waals surface area (Å²) in [5.41, 5.74) is 4.24. The van der Waals surface area contributed by atoms with Crippen molar-refractivity contribution in [2.45, 2.75) is 59.5 Å². The summed E-state index contributed by atoms with van der Waals surface area (Å²) in [6.45, 7) is 13.3. The van der Waals surface area contributed by atoms with E-state index in [1.165, 1.54) is 11.1 Å². The number of carbonyl (C=O) groups excluding carboxylic acids is 1. The lowest BCUT2D eigenvalue weighted by molar-refractivity contribution is 0.0746. The Bertz CT molecular complexity index is 892. The minimum absolute atomic E-state index is 0.0210. The van der Waals surface area contributed by atoms with E-state index in [9.17, 15) is 4.79 Å². The largest absolute Gasteiger partial charge is 0.491 e. The molecule has 0 saturated carbocycles. The summed E-state index contributed by atoms with van der Waals surface area (Å²) in [4.78, 5) is 15.3. The number of ether oxygens (including phenoxy) is 2. The predicted octanol–water partition coefficient (Wildman–Crippen LogP) is 5.06. The van der Waals surface area contributed by atoms with Crippen LogP contribution >= 0.6 is 0 Å². The molecule has 1 aliphatic rings. The highest BCUT2D eigenvalue weighted by Gasteiger charge is 2.15. The van der Waals surface area contributed by atoms with Crippen molar-refractivity contribution in [3.63, 3.8) is 0 Å². The van der Waals surface area contributed by atoms with E-state index in [2.05, 4.69) is 62.2 Å². The lowest BCUT2D eigenvalue weighted by Crippen LogP contribution is -2.33. The molecule has 180 valence electrons. The van der Waals surface area contributed by atoms with Gasteiger partial charge in [0, 0.05) is 37.7 Å². The summed E-state index contributed by atoms with van der Waals surface area (Å²) < 4.78 is 11.9. The molecule has 0 aliphatic carbocycles. The van der Waals surface area contributed by atoms with Crippen molar-refractivity contribution in [2.24, 2.45) is 5.92 Å². The molecule has 0 fully saturated rings. The van der Waals surface area contributed by atoms with Gasteiger partial charge in [-0.1, -0.05) is 52.0 Å². The fourth-order valence-corrected chi connectivity index (χ4v) is 4.33. The van der Waals surface area contributed by atoms with Crippen molar-refractivity contribution in [1.29, 1.82) is 0 Å². The molecule has 3 rings (SSSR count). The highest BCUT2D eigenvalue weighted by molar-refractivity contribution is 5.94. The lowest BCUT2D eigenvalue weighted by atomic mass is 9.99. The van der Waals surface area contributed by atoms with Gasteiger partial charge in [0.1, 0.15) is 12.4 Å². The first-order valence-electron chi connectivity index (χ1n) is 12.4. The van der Waals surface area contributed by atoms with Gasteiger partial charge in [-0.3, -0.25) is 9.69 Å². The molecule has 2 aromatic carbocycles. The molecule has 33 heavy (non-hydrogen) atoms. The Morgan fingerprint density at radius 3 is 2.58 bits per heavy atom. The number of hydrogen-bond acceptors (Lipinski definition) is 4. The molecule has 0 atom stereocenters. The van der Waals surface area contributed by atoms with E-state index in [0.717, 1.165) is 50.2 Å². The smallest absolute Gasteiger partial charge is 0.251 e. The van der Waals surface area contributed by atoms with Gasteiger partial charge in [0.25, 0.3) is 5.91 Å². The fraction of sp³-hybridized carbons (Fsp3) is 0.536.